The van der Waals surface area contributed by atoms with Gasteiger partial charge in [0.25, 0.3) is 0 Å². The SMILES string of the molecule is CCC(CC(C)(CC)CC)C(CC)(CC)CC. The van der Waals surface area contributed by atoms with Crippen LogP contribution < -0.4 is 0 Å². The Labute approximate surface area is 111 Å². The van der Waals surface area contributed by atoms with E-state index in [0.29, 0.717) is 10.8 Å². The first-order chi connectivity index (χ1) is 7.97. The second-order valence-corrected chi connectivity index (χ2v) is 6.25. The molecule has 0 aromatic carbocycles. The Kier molecular flexibility index (Phi) is 7.44. The molecule has 1 unspecified atom stereocenters. The maximum Gasteiger partial charge on any atom is -0.0277 e. The van der Waals surface area contributed by atoms with Gasteiger partial charge in [-0.05, 0) is 23.2 Å². The van der Waals surface area contributed by atoms with E-state index in [1.807, 2.05) is 0 Å². The smallest absolute Gasteiger partial charge is 0.0277 e. The summed E-state index contributed by atoms with van der Waals surface area (Å²) in [5.74, 6) is 0.910. The summed E-state index contributed by atoms with van der Waals surface area (Å²) in [5.41, 5.74) is 1.16. The summed E-state index contributed by atoms with van der Waals surface area (Å²) in [5, 5.41) is 0. The molecule has 0 rings (SSSR count). The van der Waals surface area contributed by atoms with Gasteiger partial charge in [-0.3, -0.25) is 0 Å². The van der Waals surface area contributed by atoms with Crippen LogP contribution in [0.3, 0.4) is 0 Å². The lowest BCUT2D eigenvalue weighted by atomic mass is 9.62. The molecule has 0 heterocycles. The third-order valence-electron chi connectivity index (χ3n) is 5.92. The number of hydrogen-bond donors (Lipinski definition) is 0. The minimum Gasteiger partial charge on any atom is -0.0651 e. The first kappa shape index (κ1) is 17.0. The molecule has 0 aliphatic heterocycles. The van der Waals surface area contributed by atoms with Gasteiger partial charge in [-0.25, -0.2) is 0 Å². The van der Waals surface area contributed by atoms with Gasteiger partial charge in [0.05, 0.1) is 0 Å². The fourth-order valence-electron chi connectivity index (χ4n) is 3.54. The highest BCUT2D eigenvalue weighted by Gasteiger charge is 2.36. The third kappa shape index (κ3) is 4.00. The minimum atomic E-state index is 0.561. The standard InChI is InChI=1S/C17H36/c1-8-15(14-16(7,9-2)10-3)17(11-4,12-5)13-6/h15H,8-14H2,1-7H3. The van der Waals surface area contributed by atoms with Gasteiger partial charge in [0.2, 0.25) is 0 Å². The Morgan fingerprint density at radius 2 is 1.12 bits per heavy atom. The van der Waals surface area contributed by atoms with E-state index in [-0.39, 0.29) is 0 Å². The molecule has 0 fully saturated rings. The van der Waals surface area contributed by atoms with Crippen molar-refractivity contribution >= 4 is 0 Å². The molecule has 0 aliphatic rings. The molecule has 0 bridgehead atoms. The Bertz CT molecular complexity index is 176. The van der Waals surface area contributed by atoms with Gasteiger partial charge in [0, 0.05) is 0 Å². The van der Waals surface area contributed by atoms with E-state index in [4.69, 9.17) is 0 Å². The van der Waals surface area contributed by atoms with Gasteiger partial charge in [-0.1, -0.05) is 87.0 Å². The fraction of sp³-hybridized carbons (Fsp3) is 1.00. The van der Waals surface area contributed by atoms with Crippen LogP contribution in [0.4, 0.5) is 0 Å². The molecule has 17 heavy (non-hydrogen) atoms. The molecule has 0 aromatic rings. The fourth-order valence-corrected chi connectivity index (χ4v) is 3.54. The topological polar surface area (TPSA) is 0 Å². The van der Waals surface area contributed by atoms with Gasteiger partial charge >= 0.3 is 0 Å². The highest BCUT2D eigenvalue weighted by Crippen LogP contribution is 2.47. The molecule has 104 valence electrons. The molecule has 0 radical (unpaired) electrons. The zero-order chi connectivity index (χ0) is 13.5. The largest absolute Gasteiger partial charge is 0.0651 e. The van der Waals surface area contributed by atoms with Crippen molar-refractivity contribution in [3.63, 3.8) is 0 Å². The van der Waals surface area contributed by atoms with Crippen molar-refractivity contribution in [1.29, 1.82) is 0 Å². The molecule has 0 aromatic heterocycles. The highest BCUT2D eigenvalue weighted by molar-refractivity contribution is 4.87. The Hall–Kier alpha value is 0. The Balaban J connectivity index is 4.93. The lowest BCUT2D eigenvalue weighted by Gasteiger charge is -2.43. The lowest BCUT2D eigenvalue weighted by Crippen LogP contribution is -2.33. The van der Waals surface area contributed by atoms with Crippen molar-refractivity contribution in [2.45, 2.75) is 93.4 Å². The van der Waals surface area contributed by atoms with Crippen molar-refractivity contribution < 1.29 is 0 Å². The van der Waals surface area contributed by atoms with E-state index >= 15 is 0 Å². The summed E-state index contributed by atoms with van der Waals surface area (Å²) in [6.07, 6.45) is 9.48. The normalized spacial score (nSPS) is 15.0. The van der Waals surface area contributed by atoms with Crippen LogP contribution in [-0.4, -0.2) is 0 Å². The van der Waals surface area contributed by atoms with Gasteiger partial charge in [0.1, 0.15) is 0 Å². The van der Waals surface area contributed by atoms with E-state index < -0.39 is 0 Å². The quantitative estimate of drug-likeness (QED) is 0.434. The molecule has 0 spiro atoms. The van der Waals surface area contributed by atoms with Crippen molar-refractivity contribution in [3.05, 3.63) is 0 Å². The first-order valence-electron chi connectivity index (χ1n) is 7.97. The summed E-state index contributed by atoms with van der Waals surface area (Å²) >= 11 is 0. The molecule has 0 saturated carbocycles. The van der Waals surface area contributed by atoms with Crippen LogP contribution in [0.25, 0.3) is 0 Å². The summed E-state index contributed by atoms with van der Waals surface area (Å²) < 4.78 is 0. The van der Waals surface area contributed by atoms with Crippen molar-refractivity contribution in [3.8, 4) is 0 Å². The van der Waals surface area contributed by atoms with Gasteiger partial charge in [-0.2, -0.15) is 0 Å². The molecule has 0 heteroatoms. The van der Waals surface area contributed by atoms with Crippen molar-refractivity contribution in [2.24, 2.45) is 16.7 Å². The number of rotatable bonds is 9. The van der Waals surface area contributed by atoms with Crippen molar-refractivity contribution in [1.82, 2.24) is 0 Å². The molecule has 0 saturated heterocycles. The van der Waals surface area contributed by atoms with Gasteiger partial charge in [-0.15, -0.1) is 0 Å². The second kappa shape index (κ2) is 7.44. The lowest BCUT2D eigenvalue weighted by molar-refractivity contribution is 0.0741. The molecule has 1 atom stereocenters. The molecule has 0 nitrogen and oxygen atoms in total. The predicted molar refractivity (Wildman–Crippen MR) is 80.4 cm³/mol. The van der Waals surface area contributed by atoms with Crippen molar-refractivity contribution in [2.75, 3.05) is 0 Å². The van der Waals surface area contributed by atoms with Crippen LogP contribution >= 0.6 is 0 Å². The van der Waals surface area contributed by atoms with E-state index in [0.717, 1.165) is 5.92 Å². The molecule has 0 amide bonds. The average molecular weight is 240 g/mol. The third-order valence-corrected chi connectivity index (χ3v) is 5.92. The van der Waals surface area contributed by atoms with E-state index in [1.54, 1.807) is 0 Å². The summed E-state index contributed by atoms with van der Waals surface area (Å²) in [7, 11) is 0. The van der Waals surface area contributed by atoms with Gasteiger partial charge < -0.3 is 0 Å². The Morgan fingerprint density at radius 1 is 0.706 bits per heavy atom. The predicted octanol–water partition coefficient (Wildman–Crippen LogP) is 6.45. The van der Waals surface area contributed by atoms with Crippen LogP contribution in [-0.2, 0) is 0 Å². The van der Waals surface area contributed by atoms with Crippen LogP contribution in [0.5, 0.6) is 0 Å². The molecule has 0 aliphatic carbocycles. The summed E-state index contributed by atoms with van der Waals surface area (Å²) in [4.78, 5) is 0. The van der Waals surface area contributed by atoms with Crippen LogP contribution in [0.2, 0.25) is 0 Å². The summed E-state index contributed by atoms with van der Waals surface area (Å²) in [6.45, 7) is 16.8. The van der Waals surface area contributed by atoms with E-state index in [1.165, 1.54) is 44.9 Å². The average Bonchev–Trinajstić information content (AvgIpc) is 2.39. The number of hydrogen-bond acceptors (Lipinski definition) is 0. The molecular formula is C17H36. The van der Waals surface area contributed by atoms with Crippen LogP contribution in [0.15, 0.2) is 0 Å². The second-order valence-electron chi connectivity index (χ2n) is 6.25. The van der Waals surface area contributed by atoms with Gasteiger partial charge in [0.15, 0.2) is 0 Å². The maximum atomic E-state index is 2.49. The first-order valence-corrected chi connectivity index (χ1v) is 7.97. The highest BCUT2D eigenvalue weighted by atomic mass is 14.4. The van der Waals surface area contributed by atoms with E-state index in [9.17, 15) is 0 Å². The molecule has 0 N–H and O–H groups in total. The zero-order valence-electron chi connectivity index (χ0n) is 13.5. The van der Waals surface area contributed by atoms with Crippen LogP contribution in [0.1, 0.15) is 93.4 Å². The van der Waals surface area contributed by atoms with Crippen LogP contribution in [0, 0.1) is 16.7 Å². The maximum absolute atomic E-state index is 2.49. The Morgan fingerprint density at radius 3 is 1.35 bits per heavy atom. The minimum absolute atomic E-state index is 0.561. The zero-order valence-corrected chi connectivity index (χ0v) is 13.5. The van der Waals surface area contributed by atoms with E-state index in [2.05, 4.69) is 48.5 Å². The summed E-state index contributed by atoms with van der Waals surface area (Å²) in [6, 6.07) is 0. The molecular weight excluding hydrogens is 204 g/mol. The monoisotopic (exact) mass is 240 g/mol.